The van der Waals surface area contributed by atoms with Gasteiger partial charge in [-0.2, -0.15) is 0 Å². The van der Waals surface area contributed by atoms with Crippen molar-refractivity contribution in [2.24, 2.45) is 0 Å². The molecule has 2 N–H and O–H groups in total. The molecule has 0 aliphatic rings. The highest BCUT2D eigenvalue weighted by Crippen LogP contribution is 2.36. The van der Waals surface area contributed by atoms with E-state index in [0.717, 1.165) is 5.56 Å². The first-order valence-corrected chi connectivity index (χ1v) is 11.8. The highest BCUT2D eigenvalue weighted by molar-refractivity contribution is 9.11. The maximum Gasteiger partial charge on any atom is 0.303 e. The number of aryl methyl sites for hydroxylation is 1. The summed E-state index contributed by atoms with van der Waals surface area (Å²) in [6, 6.07) is 8.63. The molecule has 0 saturated heterocycles. The second-order valence-electron chi connectivity index (χ2n) is 5.86. The maximum atomic E-state index is 11.8. The number of carboxylic acids is 1. The van der Waals surface area contributed by atoms with Crippen LogP contribution in [0.25, 0.3) is 0 Å². The van der Waals surface area contributed by atoms with Gasteiger partial charge in [0.2, 0.25) is 10.0 Å². The van der Waals surface area contributed by atoms with Crippen LogP contribution < -0.4 is 9.46 Å². The lowest BCUT2D eigenvalue weighted by Crippen LogP contribution is -2.15. The van der Waals surface area contributed by atoms with E-state index in [0.29, 0.717) is 32.4 Å². The van der Waals surface area contributed by atoms with Crippen molar-refractivity contribution in [2.75, 3.05) is 10.5 Å². The molecule has 2 rings (SSSR count). The Labute approximate surface area is 185 Å². The van der Waals surface area contributed by atoms with E-state index >= 15 is 0 Å². The third-order valence-corrected chi connectivity index (χ3v) is 6.70. The molecule has 0 bridgehead atoms. The number of sulfonamides is 1. The molecule has 0 aliphatic carbocycles. The first kappa shape index (κ1) is 23.0. The highest BCUT2D eigenvalue weighted by atomic mass is 79.9. The third-order valence-electron chi connectivity index (χ3n) is 3.78. The zero-order valence-electron chi connectivity index (χ0n) is 14.8. The average molecular weight is 556 g/mol. The molecule has 2 aromatic rings. The maximum absolute atomic E-state index is 11.8. The van der Waals surface area contributed by atoms with Crippen molar-refractivity contribution in [1.82, 2.24) is 0 Å². The van der Waals surface area contributed by atoms with Crippen LogP contribution >= 0.6 is 43.5 Å². The number of anilines is 1. The molecule has 0 heterocycles. The first-order valence-electron chi connectivity index (χ1n) is 8.23. The highest BCUT2D eigenvalue weighted by Gasteiger charge is 2.15. The van der Waals surface area contributed by atoms with E-state index in [1.165, 1.54) is 0 Å². The van der Waals surface area contributed by atoms with Crippen LogP contribution in [0.15, 0.2) is 39.3 Å². The minimum Gasteiger partial charge on any atom is -0.486 e. The van der Waals surface area contributed by atoms with Gasteiger partial charge in [-0.15, -0.1) is 0 Å². The van der Waals surface area contributed by atoms with Crippen molar-refractivity contribution in [2.45, 2.75) is 26.4 Å². The predicted molar refractivity (Wildman–Crippen MR) is 117 cm³/mol. The van der Waals surface area contributed by atoms with Gasteiger partial charge in [-0.25, -0.2) is 8.42 Å². The molecule has 0 aromatic heterocycles. The monoisotopic (exact) mass is 553 g/mol. The summed E-state index contributed by atoms with van der Waals surface area (Å²) in [4.78, 5) is 10.7. The van der Waals surface area contributed by atoms with Gasteiger partial charge in [-0.05, 0) is 69.0 Å². The Kier molecular flexibility index (Phi) is 8.18. The Hall–Kier alpha value is -1.29. The molecule has 0 amide bonds. The molecule has 10 heteroatoms. The Balaban J connectivity index is 2.17. The number of hydrogen-bond donors (Lipinski definition) is 2. The van der Waals surface area contributed by atoms with Crippen molar-refractivity contribution in [3.63, 3.8) is 0 Å². The summed E-state index contributed by atoms with van der Waals surface area (Å²) >= 11 is 13.2. The number of aliphatic carboxylic acids is 1. The van der Waals surface area contributed by atoms with Gasteiger partial charge in [0, 0.05) is 12.0 Å². The molecule has 0 atom stereocenters. The molecule has 152 valence electrons. The lowest BCUT2D eigenvalue weighted by molar-refractivity contribution is -0.136. The van der Waals surface area contributed by atoms with Gasteiger partial charge >= 0.3 is 5.97 Å². The summed E-state index contributed by atoms with van der Waals surface area (Å²) in [7, 11) is -3.44. The van der Waals surface area contributed by atoms with Crippen LogP contribution in [0.5, 0.6) is 5.75 Å². The largest absolute Gasteiger partial charge is 0.486 e. The average Bonchev–Trinajstić information content (AvgIpc) is 2.62. The normalized spacial score (nSPS) is 11.3. The van der Waals surface area contributed by atoms with Crippen molar-refractivity contribution >= 4 is 65.1 Å². The zero-order valence-corrected chi connectivity index (χ0v) is 19.6. The van der Waals surface area contributed by atoms with Crippen LogP contribution in [-0.4, -0.2) is 25.2 Å². The van der Waals surface area contributed by atoms with Crippen molar-refractivity contribution in [1.29, 1.82) is 0 Å². The summed E-state index contributed by atoms with van der Waals surface area (Å²) in [6.45, 7) is 1.66. The fourth-order valence-corrected chi connectivity index (χ4v) is 4.75. The number of ether oxygens (including phenoxy) is 1. The Bertz CT molecular complexity index is 959. The summed E-state index contributed by atoms with van der Waals surface area (Å²) in [5.41, 5.74) is 1.76. The third kappa shape index (κ3) is 6.37. The number of rotatable bonds is 9. The van der Waals surface area contributed by atoms with E-state index in [2.05, 4.69) is 36.6 Å². The quantitative estimate of drug-likeness (QED) is 0.443. The molecular weight excluding hydrogens is 538 g/mol. The summed E-state index contributed by atoms with van der Waals surface area (Å²) in [5, 5.41) is 9.08. The predicted octanol–water partition coefficient (Wildman–Crippen LogP) is 5.22. The van der Waals surface area contributed by atoms with Gasteiger partial charge < -0.3 is 9.84 Å². The van der Waals surface area contributed by atoms with E-state index in [-0.39, 0.29) is 23.8 Å². The lowest BCUT2D eigenvalue weighted by atomic mass is 10.1. The van der Waals surface area contributed by atoms with Crippen LogP contribution in [0.3, 0.4) is 0 Å². The van der Waals surface area contributed by atoms with E-state index in [1.807, 2.05) is 0 Å². The molecule has 0 aliphatic heterocycles. The fraction of sp³-hybridized carbons (Fsp3) is 0.278. The lowest BCUT2D eigenvalue weighted by Gasteiger charge is -2.15. The number of hydrogen-bond acceptors (Lipinski definition) is 4. The van der Waals surface area contributed by atoms with Crippen LogP contribution in [0.4, 0.5) is 5.69 Å². The molecule has 28 heavy (non-hydrogen) atoms. The van der Waals surface area contributed by atoms with Gasteiger partial charge in [0.1, 0.15) is 12.4 Å². The molecule has 0 saturated carbocycles. The smallest absolute Gasteiger partial charge is 0.303 e. The molecule has 0 spiro atoms. The molecule has 0 unspecified atom stereocenters. The number of benzene rings is 2. The SMILES string of the molecule is CCS(=O)(=O)Nc1cccc(COc2c(Br)cc(CCC(=O)O)cc2Br)c1Cl. The van der Waals surface area contributed by atoms with E-state index in [1.54, 1.807) is 37.3 Å². The second kappa shape index (κ2) is 9.96. The van der Waals surface area contributed by atoms with Crippen molar-refractivity contribution in [3.05, 3.63) is 55.4 Å². The van der Waals surface area contributed by atoms with Crippen LogP contribution in [0.2, 0.25) is 5.02 Å². The van der Waals surface area contributed by atoms with E-state index < -0.39 is 16.0 Å². The summed E-state index contributed by atoms with van der Waals surface area (Å²) in [5.74, 6) is -0.381. The molecule has 0 fully saturated rings. The topological polar surface area (TPSA) is 92.7 Å². The minimum atomic E-state index is -3.44. The van der Waals surface area contributed by atoms with Crippen molar-refractivity contribution < 1.29 is 23.1 Å². The van der Waals surface area contributed by atoms with Gasteiger partial charge in [-0.1, -0.05) is 23.7 Å². The van der Waals surface area contributed by atoms with Crippen molar-refractivity contribution in [3.8, 4) is 5.75 Å². The number of nitrogens with one attached hydrogen (secondary N) is 1. The number of halogens is 3. The van der Waals surface area contributed by atoms with Crippen LogP contribution in [0.1, 0.15) is 24.5 Å². The molecule has 2 aromatic carbocycles. The summed E-state index contributed by atoms with van der Waals surface area (Å²) < 4.78 is 33.2. The Morgan fingerprint density at radius 2 is 1.89 bits per heavy atom. The first-order chi connectivity index (χ1) is 13.1. The fourth-order valence-electron chi connectivity index (χ4n) is 2.31. The van der Waals surface area contributed by atoms with E-state index in [9.17, 15) is 13.2 Å². The zero-order chi connectivity index (χ0) is 20.9. The number of carboxylic acid groups (broad SMARTS) is 1. The van der Waals surface area contributed by atoms with Gasteiger partial charge in [0.25, 0.3) is 0 Å². The summed E-state index contributed by atoms with van der Waals surface area (Å²) in [6.07, 6.45) is 0.438. The number of carbonyl (C=O) groups is 1. The Morgan fingerprint density at radius 1 is 1.25 bits per heavy atom. The Morgan fingerprint density at radius 3 is 2.46 bits per heavy atom. The van der Waals surface area contributed by atoms with Crippen LogP contribution in [-0.2, 0) is 27.8 Å². The molecule has 6 nitrogen and oxygen atoms in total. The second-order valence-corrected chi connectivity index (χ2v) is 9.95. The van der Waals surface area contributed by atoms with Gasteiger partial charge in [0.05, 0.1) is 25.4 Å². The molecule has 0 radical (unpaired) electrons. The van der Waals surface area contributed by atoms with Crippen LogP contribution in [0, 0.1) is 0 Å². The molecular formula is C18H18Br2ClNO5S. The standard InChI is InChI=1S/C18H18Br2ClNO5S/c1-2-28(25,26)22-15-5-3-4-12(17(15)21)10-27-18-13(19)8-11(9-14(18)20)6-7-16(23)24/h3-5,8-9,22H,2,6-7,10H2,1H3,(H,23,24). The van der Waals surface area contributed by atoms with Gasteiger partial charge in [0.15, 0.2) is 0 Å². The van der Waals surface area contributed by atoms with E-state index in [4.69, 9.17) is 21.4 Å². The van der Waals surface area contributed by atoms with Gasteiger partial charge in [-0.3, -0.25) is 9.52 Å². The minimum absolute atomic E-state index is 0.0369.